The van der Waals surface area contributed by atoms with E-state index < -0.39 is 0 Å². The molecule has 1 aromatic carbocycles. The largest absolute Gasteiger partial charge is 0.496 e. The summed E-state index contributed by atoms with van der Waals surface area (Å²) in [5.41, 5.74) is 12.5. The molecule has 3 nitrogen and oxygen atoms in total. The maximum absolute atomic E-state index is 5.63. The van der Waals surface area contributed by atoms with Gasteiger partial charge in [0.15, 0.2) is 0 Å². The number of hydrogen-bond donors (Lipinski definition) is 2. The summed E-state index contributed by atoms with van der Waals surface area (Å²) in [6, 6.07) is 6.04. The van der Waals surface area contributed by atoms with Crippen molar-refractivity contribution in [2.75, 3.05) is 20.2 Å². The normalized spacial score (nSPS) is 10.8. The lowest BCUT2D eigenvalue weighted by atomic mass is 9.99. The number of benzene rings is 1. The van der Waals surface area contributed by atoms with Gasteiger partial charge < -0.3 is 16.2 Å². The van der Waals surface area contributed by atoms with E-state index in [2.05, 4.69) is 22.0 Å². The van der Waals surface area contributed by atoms with E-state index in [1.807, 2.05) is 12.1 Å². The Kier molecular flexibility index (Phi) is 5.80. The topological polar surface area (TPSA) is 61.3 Å². The lowest BCUT2D eigenvalue weighted by Crippen LogP contribution is -2.23. The average Bonchev–Trinajstić information content (AvgIpc) is 2.30. The molecule has 0 atom stereocenters. The fourth-order valence-electron chi connectivity index (χ4n) is 1.63. The van der Waals surface area contributed by atoms with Crippen LogP contribution >= 0.6 is 15.9 Å². The van der Waals surface area contributed by atoms with Gasteiger partial charge in [-0.25, -0.2) is 0 Å². The van der Waals surface area contributed by atoms with Crippen LogP contribution < -0.4 is 16.2 Å². The summed E-state index contributed by atoms with van der Waals surface area (Å²) in [5.74, 6) is 1.32. The summed E-state index contributed by atoms with van der Waals surface area (Å²) < 4.78 is 6.39. The molecule has 0 aromatic heterocycles. The van der Waals surface area contributed by atoms with E-state index in [4.69, 9.17) is 16.2 Å². The molecule has 0 fully saturated rings. The number of methoxy groups -OCH3 is 1. The molecule has 0 saturated carbocycles. The van der Waals surface area contributed by atoms with Crippen LogP contribution in [-0.4, -0.2) is 20.2 Å². The summed E-state index contributed by atoms with van der Waals surface area (Å²) in [6.07, 6.45) is 1.95. The van der Waals surface area contributed by atoms with Crippen LogP contribution in [0.2, 0.25) is 0 Å². The van der Waals surface area contributed by atoms with Crippen LogP contribution in [0.1, 0.15) is 12.0 Å². The standard InChI is InChI=1S/C12H19BrN2O/c1-16-12-5-4-11(13)6-10(12)3-2-9(7-14)8-15/h4-6,9H,2-3,7-8,14-15H2,1H3. The molecule has 1 aromatic rings. The molecule has 4 heteroatoms. The van der Waals surface area contributed by atoms with E-state index >= 15 is 0 Å². The van der Waals surface area contributed by atoms with Crippen LogP contribution in [0, 0.1) is 5.92 Å². The Morgan fingerprint density at radius 1 is 1.31 bits per heavy atom. The van der Waals surface area contributed by atoms with Crippen molar-refractivity contribution in [3.63, 3.8) is 0 Å². The maximum atomic E-state index is 5.63. The van der Waals surface area contributed by atoms with E-state index in [-0.39, 0.29) is 0 Å². The molecular formula is C12H19BrN2O. The summed E-state index contributed by atoms with van der Waals surface area (Å²) in [4.78, 5) is 0. The minimum Gasteiger partial charge on any atom is -0.496 e. The second-order valence-corrected chi connectivity index (χ2v) is 4.75. The smallest absolute Gasteiger partial charge is 0.122 e. The second-order valence-electron chi connectivity index (χ2n) is 3.83. The molecule has 0 bridgehead atoms. The molecule has 0 aliphatic rings. The van der Waals surface area contributed by atoms with Gasteiger partial charge in [-0.1, -0.05) is 15.9 Å². The van der Waals surface area contributed by atoms with Crippen LogP contribution in [0.4, 0.5) is 0 Å². The Bertz CT molecular complexity index is 327. The molecule has 0 heterocycles. The summed E-state index contributed by atoms with van der Waals surface area (Å²) in [6.45, 7) is 1.29. The Morgan fingerprint density at radius 2 is 2.00 bits per heavy atom. The van der Waals surface area contributed by atoms with Crippen molar-refractivity contribution in [1.29, 1.82) is 0 Å². The highest BCUT2D eigenvalue weighted by Crippen LogP contribution is 2.24. The van der Waals surface area contributed by atoms with Gasteiger partial charge in [0.1, 0.15) is 5.75 Å². The summed E-state index contributed by atoms with van der Waals surface area (Å²) in [7, 11) is 1.69. The van der Waals surface area contributed by atoms with Gasteiger partial charge >= 0.3 is 0 Å². The molecule has 0 unspecified atom stereocenters. The van der Waals surface area contributed by atoms with Crippen LogP contribution in [-0.2, 0) is 6.42 Å². The van der Waals surface area contributed by atoms with E-state index in [9.17, 15) is 0 Å². The number of ether oxygens (including phenoxy) is 1. The SMILES string of the molecule is COc1ccc(Br)cc1CCC(CN)CN. The van der Waals surface area contributed by atoms with Crippen molar-refractivity contribution in [1.82, 2.24) is 0 Å². The minimum absolute atomic E-state index is 0.392. The fourth-order valence-corrected chi connectivity index (χ4v) is 2.04. The highest BCUT2D eigenvalue weighted by Gasteiger charge is 2.08. The Labute approximate surface area is 105 Å². The first-order chi connectivity index (χ1) is 7.71. The van der Waals surface area contributed by atoms with Gasteiger partial charge in [-0.3, -0.25) is 0 Å². The van der Waals surface area contributed by atoms with Crippen LogP contribution in [0.15, 0.2) is 22.7 Å². The first-order valence-corrected chi connectivity index (χ1v) is 6.23. The van der Waals surface area contributed by atoms with E-state index in [0.717, 1.165) is 23.1 Å². The zero-order chi connectivity index (χ0) is 12.0. The average molecular weight is 287 g/mol. The molecule has 0 saturated heterocycles. The third-order valence-corrected chi connectivity index (χ3v) is 3.22. The van der Waals surface area contributed by atoms with E-state index in [1.165, 1.54) is 5.56 Å². The highest BCUT2D eigenvalue weighted by molar-refractivity contribution is 9.10. The molecular weight excluding hydrogens is 268 g/mol. The zero-order valence-electron chi connectivity index (χ0n) is 9.58. The molecule has 4 N–H and O–H groups in total. The molecule has 0 amide bonds. The highest BCUT2D eigenvalue weighted by atomic mass is 79.9. The molecule has 0 spiro atoms. The number of aryl methyl sites for hydroxylation is 1. The second kappa shape index (κ2) is 6.89. The molecule has 0 radical (unpaired) electrons. The summed E-state index contributed by atoms with van der Waals surface area (Å²) in [5, 5.41) is 0. The van der Waals surface area contributed by atoms with Crippen molar-refractivity contribution >= 4 is 15.9 Å². The van der Waals surface area contributed by atoms with Gasteiger partial charge in [-0.05, 0) is 55.6 Å². The van der Waals surface area contributed by atoms with Gasteiger partial charge in [0.2, 0.25) is 0 Å². The van der Waals surface area contributed by atoms with Crippen LogP contribution in [0.3, 0.4) is 0 Å². The fraction of sp³-hybridized carbons (Fsp3) is 0.500. The minimum atomic E-state index is 0.392. The maximum Gasteiger partial charge on any atom is 0.122 e. The lowest BCUT2D eigenvalue weighted by molar-refractivity contribution is 0.406. The Morgan fingerprint density at radius 3 is 2.56 bits per heavy atom. The molecule has 0 aliphatic carbocycles. The van der Waals surface area contributed by atoms with Gasteiger partial charge in [0.05, 0.1) is 7.11 Å². The van der Waals surface area contributed by atoms with Gasteiger partial charge in [-0.2, -0.15) is 0 Å². The predicted molar refractivity (Wildman–Crippen MR) is 70.6 cm³/mol. The molecule has 0 aliphatic heterocycles. The van der Waals surface area contributed by atoms with Gasteiger partial charge in [0, 0.05) is 4.47 Å². The van der Waals surface area contributed by atoms with Gasteiger partial charge in [0.25, 0.3) is 0 Å². The Hall–Kier alpha value is -0.580. The van der Waals surface area contributed by atoms with Gasteiger partial charge in [-0.15, -0.1) is 0 Å². The number of rotatable bonds is 6. The van der Waals surface area contributed by atoms with E-state index in [1.54, 1.807) is 7.11 Å². The number of halogens is 1. The third-order valence-electron chi connectivity index (χ3n) is 2.73. The Balaban J connectivity index is 2.68. The number of nitrogens with two attached hydrogens (primary N) is 2. The molecule has 90 valence electrons. The van der Waals surface area contributed by atoms with Crippen molar-refractivity contribution in [3.8, 4) is 5.75 Å². The first kappa shape index (κ1) is 13.5. The zero-order valence-corrected chi connectivity index (χ0v) is 11.2. The van der Waals surface area contributed by atoms with Crippen LogP contribution in [0.5, 0.6) is 5.75 Å². The molecule has 1 rings (SSSR count). The quantitative estimate of drug-likeness (QED) is 0.840. The number of hydrogen-bond acceptors (Lipinski definition) is 3. The predicted octanol–water partition coefficient (Wildman–Crippen LogP) is 1.92. The van der Waals surface area contributed by atoms with E-state index in [0.29, 0.717) is 19.0 Å². The van der Waals surface area contributed by atoms with Crippen molar-refractivity contribution < 1.29 is 4.74 Å². The van der Waals surface area contributed by atoms with Crippen molar-refractivity contribution in [2.24, 2.45) is 17.4 Å². The monoisotopic (exact) mass is 286 g/mol. The first-order valence-electron chi connectivity index (χ1n) is 5.43. The summed E-state index contributed by atoms with van der Waals surface area (Å²) >= 11 is 3.46. The van der Waals surface area contributed by atoms with Crippen molar-refractivity contribution in [3.05, 3.63) is 28.2 Å². The van der Waals surface area contributed by atoms with Crippen LogP contribution in [0.25, 0.3) is 0 Å². The van der Waals surface area contributed by atoms with Crippen molar-refractivity contribution in [2.45, 2.75) is 12.8 Å². The molecule has 16 heavy (non-hydrogen) atoms. The lowest BCUT2D eigenvalue weighted by Gasteiger charge is -2.13. The third kappa shape index (κ3) is 3.77.